The number of aromatic nitrogens is 5. The summed E-state index contributed by atoms with van der Waals surface area (Å²) >= 11 is 6.77. The number of nitrogens with one attached hydrogen (secondary N) is 1. The van der Waals surface area contributed by atoms with Gasteiger partial charge in [0.2, 0.25) is 0 Å². The molecule has 0 bridgehead atoms. The fourth-order valence-corrected chi connectivity index (χ4v) is 4.04. The first kappa shape index (κ1) is 23.0. The third kappa shape index (κ3) is 5.34. The Morgan fingerprint density at radius 2 is 1.68 bits per heavy atom. The van der Waals surface area contributed by atoms with Gasteiger partial charge in [-0.15, -0.1) is 0 Å². The average molecular weight is 551 g/mol. The monoisotopic (exact) mass is 549 g/mol. The SMILES string of the molecule is CC(C)N(C)C(=O)c1cc(-n2ncnc2[C@H](C)NC(=O)c2cc(Br)cc(Br)c2)ncn1. The fourth-order valence-electron chi connectivity index (χ4n) is 2.75. The van der Waals surface area contributed by atoms with Gasteiger partial charge >= 0.3 is 0 Å². The molecule has 0 aliphatic heterocycles. The van der Waals surface area contributed by atoms with Gasteiger partial charge in [-0.1, -0.05) is 31.9 Å². The largest absolute Gasteiger partial charge is 0.342 e. The van der Waals surface area contributed by atoms with Gasteiger partial charge in [0, 0.05) is 33.7 Å². The summed E-state index contributed by atoms with van der Waals surface area (Å²) in [5.74, 6) is 0.370. The summed E-state index contributed by atoms with van der Waals surface area (Å²) in [6.07, 6.45) is 2.68. The van der Waals surface area contributed by atoms with Gasteiger partial charge in [-0.3, -0.25) is 9.59 Å². The van der Waals surface area contributed by atoms with E-state index in [-0.39, 0.29) is 23.6 Å². The summed E-state index contributed by atoms with van der Waals surface area (Å²) in [5.41, 5.74) is 0.740. The van der Waals surface area contributed by atoms with E-state index in [0.717, 1.165) is 8.95 Å². The second-order valence-corrected chi connectivity index (χ2v) is 8.99. The van der Waals surface area contributed by atoms with E-state index in [1.807, 2.05) is 19.9 Å². The first-order valence-corrected chi connectivity index (χ1v) is 11.0. The Hall–Kier alpha value is -2.66. The van der Waals surface area contributed by atoms with Gasteiger partial charge in [0.25, 0.3) is 11.8 Å². The molecule has 11 heteroatoms. The molecule has 0 spiro atoms. The quantitative estimate of drug-likeness (QED) is 0.503. The van der Waals surface area contributed by atoms with Crippen LogP contribution >= 0.6 is 31.9 Å². The predicted molar refractivity (Wildman–Crippen MR) is 122 cm³/mol. The molecule has 0 aliphatic carbocycles. The number of benzene rings is 1. The van der Waals surface area contributed by atoms with Gasteiger partial charge in [-0.2, -0.15) is 9.78 Å². The molecule has 1 N–H and O–H groups in total. The molecule has 3 rings (SSSR count). The van der Waals surface area contributed by atoms with Crippen molar-refractivity contribution in [1.29, 1.82) is 0 Å². The Balaban J connectivity index is 1.84. The lowest BCUT2D eigenvalue weighted by atomic mass is 10.2. The molecule has 2 aromatic heterocycles. The minimum Gasteiger partial charge on any atom is -0.342 e. The topological polar surface area (TPSA) is 106 Å². The lowest BCUT2D eigenvalue weighted by Crippen LogP contribution is -2.33. The van der Waals surface area contributed by atoms with Crippen LogP contribution < -0.4 is 5.32 Å². The molecular formula is C20H21Br2N7O2. The molecule has 1 aromatic carbocycles. The molecule has 9 nitrogen and oxygen atoms in total. The highest BCUT2D eigenvalue weighted by molar-refractivity contribution is 9.11. The Bertz CT molecular complexity index is 1100. The summed E-state index contributed by atoms with van der Waals surface area (Å²) < 4.78 is 3.05. The van der Waals surface area contributed by atoms with E-state index in [0.29, 0.717) is 17.2 Å². The van der Waals surface area contributed by atoms with Gasteiger partial charge < -0.3 is 10.2 Å². The number of halogens is 2. The number of carbonyl (C=O) groups excluding carboxylic acids is 2. The highest BCUT2D eigenvalue weighted by Crippen LogP contribution is 2.21. The van der Waals surface area contributed by atoms with Gasteiger partial charge in [0.1, 0.15) is 18.3 Å². The van der Waals surface area contributed by atoms with Gasteiger partial charge in [-0.05, 0) is 39.0 Å². The Kier molecular flexibility index (Phi) is 7.16. The maximum absolute atomic E-state index is 12.7. The zero-order valence-electron chi connectivity index (χ0n) is 17.4. The highest BCUT2D eigenvalue weighted by atomic mass is 79.9. The molecule has 3 aromatic rings. The summed E-state index contributed by atoms with van der Waals surface area (Å²) in [5, 5.41) is 7.13. The molecule has 162 valence electrons. The van der Waals surface area contributed by atoms with E-state index in [9.17, 15) is 9.59 Å². The van der Waals surface area contributed by atoms with Crippen LogP contribution in [0.25, 0.3) is 5.82 Å². The van der Waals surface area contributed by atoms with Gasteiger partial charge in [-0.25, -0.2) is 15.0 Å². The smallest absolute Gasteiger partial charge is 0.272 e. The molecule has 0 saturated heterocycles. The minimum absolute atomic E-state index is 0.0288. The number of carbonyl (C=O) groups is 2. The molecule has 1 atom stereocenters. The molecule has 2 heterocycles. The lowest BCUT2D eigenvalue weighted by molar-refractivity contribution is 0.0748. The second-order valence-electron chi connectivity index (χ2n) is 7.15. The van der Waals surface area contributed by atoms with Crippen molar-refractivity contribution in [2.45, 2.75) is 32.9 Å². The van der Waals surface area contributed by atoms with E-state index < -0.39 is 6.04 Å². The van der Waals surface area contributed by atoms with Crippen molar-refractivity contribution in [2.75, 3.05) is 7.05 Å². The maximum Gasteiger partial charge on any atom is 0.272 e. The van der Waals surface area contributed by atoms with Crippen LogP contribution in [-0.2, 0) is 0 Å². The summed E-state index contributed by atoms with van der Waals surface area (Å²) in [4.78, 5) is 39.5. The number of hydrogen-bond donors (Lipinski definition) is 1. The van der Waals surface area contributed by atoms with Crippen LogP contribution in [0.4, 0.5) is 0 Å². The predicted octanol–water partition coefficient (Wildman–Crippen LogP) is 3.55. The first-order chi connectivity index (χ1) is 14.7. The van der Waals surface area contributed by atoms with E-state index in [1.54, 1.807) is 37.1 Å². The average Bonchev–Trinajstić information content (AvgIpc) is 3.22. The van der Waals surface area contributed by atoms with Crippen LogP contribution in [0.1, 0.15) is 53.5 Å². The Morgan fingerprint density at radius 3 is 2.32 bits per heavy atom. The molecule has 0 saturated carbocycles. The van der Waals surface area contributed by atoms with E-state index in [1.165, 1.54) is 17.3 Å². The third-order valence-electron chi connectivity index (χ3n) is 4.62. The van der Waals surface area contributed by atoms with Crippen molar-refractivity contribution in [2.24, 2.45) is 0 Å². The van der Waals surface area contributed by atoms with E-state index >= 15 is 0 Å². The summed E-state index contributed by atoms with van der Waals surface area (Å²) in [6, 6.07) is 6.41. The van der Waals surface area contributed by atoms with Crippen molar-refractivity contribution in [1.82, 2.24) is 34.9 Å². The molecule has 0 aliphatic rings. The van der Waals surface area contributed by atoms with Crippen LogP contribution in [0, 0.1) is 0 Å². The van der Waals surface area contributed by atoms with Crippen LogP contribution in [0.2, 0.25) is 0 Å². The van der Waals surface area contributed by atoms with Crippen molar-refractivity contribution in [3.8, 4) is 5.82 Å². The lowest BCUT2D eigenvalue weighted by Gasteiger charge is -2.21. The number of rotatable bonds is 6. The number of nitrogens with zero attached hydrogens (tertiary/aromatic N) is 6. The van der Waals surface area contributed by atoms with Crippen LogP contribution in [-0.4, -0.2) is 54.5 Å². The normalized spacial score (nSPS) is 12.0. The molecule has 0 radical (unpaired) electrons. The standard InChI is InChI=1S/C20H21Br2N7O2/c1-11(2)28(4)20(31)16-8-17(24-9-23-16)29-18(25-10-26-29)12(3)27-19(30)13-5-14(21)7-15(22)6-13/h5-12H,1-4H3,(H,27,30)/t12-/m0/s1. The molecule has 2 amide bonds. The van der Waals surface area contributed by atoms with Crippen LogP contribution in [0.5, 0.6) is 0 Å². The fraction of sp³-hybridized carbons (Fsp3) is 0.300. The maximum atomic E-state index is 12.7. The van der Waals surface area contributed by atoms with Crippen molar-refractivity contribution >= 4 is 43.7 Å². The molecule has 31 heavy (non-hydrogen) atoms. The van der Waals surface area contributed by atoms with Gasteiger partial charge in [0.05, 0.1) is 6.04 Å². The molecule has 0 fully saturated rings. The third-order valence-corrected chi connectivity index (χ3v) is 5.53. The zero-order chi connectivity index (χ0) is 22.7. The molecular weight excluding hydrogens is 530 g/mol. The summed E-state index contributed by atoms with van der Waals surface area (Å²) in [6.45, 7) is 5.64. The Morgan fingerprint density at radius 1 is 1.00 bits per heavy atom. The number of hydrogen-bond acceptors (Lipinski definition) is 6. The molecule has 0 unspecified atom stereocenters. The Labute approximate surface area is 196 Å². The number of amides is 2. The second kappa shape index (κ2) is 9.65. The van der Waals surface area contributed by atoms with Crippen LogP contribution in [0.15, 0.2) is 45.9 Å². The zero-order valence-corrected chi connectivity index (χ0v) is 20.5. The van der Waals surface area contributed by atoms with Crippen molar-refractivity contribution < 1.29 is 9.59 Å². The van der Waals surface area contributed by atoms with E-state index in [4.69, 9.17) is 0 Å². The summed E-state index contributed by atoms with van der Waals surface area (Å²) in [7, 11) is 1.72. The highest BCUT2D eigenvalue weighted by Gasteiger charge is 2.21. The van der Waals surface area contributed by atoms with Crippen LogP contribution in [0.3, 0.4) is 0 Å². The van der Waals surface area contributed by atoms with Gasteiger partial charge in [0.15, 0.2) is 11.6 Å². The minimum atomic E-state index is -0.472. The van der Waals surface area contributed by atoms with Crippen molar-refractivity contribution in [3.05, 3.63) is 62.9 Å². The first-order valence-electron chi connectivity index (χ1n) is 9.43. The van der Waals surface area contributed by atoms with E-state index in [2.05, 4.69) is 57.2 Å². The van der Waals surface area contributed by atoms with Crippen molar-refractivity contribution in [3.63, 3.8) is 0 Å².